The van der Waals surface area contributed by atoms with Gasteiger partial charge in [-0.1, -0.05) is 0 Å². The number of carbonyl (C=O) groups is 1. The average Bonchev–Trinajstić information content (AvgIpc) is 2.28. The molecule has 0 saturated carbocycles. The first-order valence-corrected chi connectivity index (χ1v) is 5.29. The van der Waals surface area contributed by atoms with Crippen LogP contribution in [0.2, 0.25) is 0 Å². The van der Waals surface area contributed by atoms with E-state index in [-0.39, 0.29) is 12.2 Å². The molecule has 1 aromatic rings. The fourth-order valence-corrected chi connectivity index (χ4v) is 1.35. The minimum absolute atomic E-state index is 0.133. The summed E-state index contributed by atoms with van der Waals surface area (Å²) in [5.74, 6) is -2.99. The highest BCUT2D eigenvalue weighted by Gasteiger charge is 2.25. The van der Waals surface area contributed by atoms with E-state index in [2.05, 4.69) is 9.72 Å². The maximum absolute atomic E-state index is 13.2. The van der Waals surface area contributed by atoms with Crippen molar-refractivity contribution in [1.29, 1.82) is 0 Å². The number of ether oxygens (including phenoxy) is 1. The van der Waals surface area contributed by atoms with Gasteiger partial charge in [0.1, 0.15) is 6.10 Å². The van der Waals surface area contributed by atoms with Gasteiger partial charge in [-0.05, 0) is 19.1 Å². The van der Waals surface area contributed by atoms with E-state index in [9.17, 15) is 23.8 Å². The minimum Gasteiger partial charge on any atom is -0.466 e. The second kappa shape index (κ2) is 6.36. The third-order valence-electron chi connectivity index (χ3n) is 2.21. The van der Waals surface area contributed by atoms with Gasteiger partial charge in [0.15, 0.2) is 0 Å². The number of aliphatic hydroxyl groups excluding tert-OH is 2. The number of esters is 1. The van der Waals surface area contributed by atoms with E-state index in [1.54, 1.807) is 6.92 Å². The largest absolute Gasteiger partial charge is 0.466 e. The third-order valence-corrected chi connectivity index (χ3v) is 2.21. The van der Waals surface area contributed by atoms with Crippen LogP contribution in [0.1, 0.15) is 25.0 Å². The summed E-state index contributed by atoms with van der Waals surface area (Å²) in [5.41, 5.74) is -0.381. The molecule has 0 spiro atoms. The zero-order valence-electron chi connectivity index (χ0n) is 9.64. The molecule has 5 nitrogen and oxygen atoms in total. The summed E-state index contributed by atoms with van der Waals surface area (Å²) in [6.45, 7) is 1.72. The van der Waals surface area contributed by atoms with Crippen LogP contribution in [0.5, 0.6) is 0 Å². The molecule has 0 saturated heterocycles. The lowest BCUT2D eigenvalue weighted by atomic mass is 10.0. The number of hydrogen-bond donors (Lipinski definition) is 2. The van der Waals surface area contributed by atoms with Gasteiger partial charge in [0, 0.05) is 5.56 Å². The summed E-state index contributed by atoms with van der Waals surface area (Å²) in [7, 11) is 0. The normalized spacial score (nSPS) is 14.1. The average molecular weight is 261 g/mol. The molecule has 0 bridgehead atoms. The van der Waals surface area contributed by atoms with Crippen molar-refractivity contribution in [2.24, 2.45) is 0 Å². The van der Waals surface area contributed by atoms with E-state index in [1.807, 2.05) is 0 Å². The summed E-state index contributed by atoms with van der Waals surface area (Å²) >= 11 is 0. The Balaban J connectivity index is 2.73. The molecule has 2 atom stereocenters. The van der Waals surface area contributed by atoms with Crippen LogP contribution in [0.4, 0.5) is 8.78 Å². The van der Waals surface area contributed by atoms with Crippen molar-refractivity contribution < 1.29 is 28.5 Å². The lowest BCUT2D eigenvalue weighted by Crippen LogP contribution is -2.24. The molecule has 2 N–H and O–H groups in total. The Morgan fingerprint density at radius 1 is 1.44 bits per heavy atom. The van der Waals surface area contributed by atoms with E-state index >= 15 is 0 Å². The van der Waals surface area contributed by atoms with E-state index in [4.69, 9.17) is 0 Å². The zero-order chi connectivity index (χ0) is 13.7. The van der Waals surface area contributed by atoms with Gasteiger partial charge >= 0.3 is 5.97 Å². The van der Waals surface area contributed by atoms with E-state index in [0.29, 0.717) is 0 Å². The smallest absolute Gasteiger partial charge is 0.308 e. The number of aliphatic hydroxyl groups is 2. The van der Waals surface area contributed by atoms with Gasteiger partial charge in [-0.15, -0.1) is 0 Å². The zero-order valence-corrected chi connectivity index (χ0v) is 9.64. The van der Waals surface area contributed by atoms with Gasteiger partial charge in [0.25, 0.3) is 0 Å². The maximum atomic E-state index is 13.2. The summed E-state index contributed by atoms with van der Waals surface area (Å²) < 4.78 is 30.3. The number of hydrogen-bond acceptors (Lipinski definition) is 5. The molecule has 7 heteroatoms. The minimum atomic E-state index is -1.68. The highest BCUT2D eigenvalue weighted by atomic mass is 19.1. The molecule has 0 radical (unpaired) electrons. The maximum Gasteiger partial charge on any atom is 0.308 e. The molecular formula is C11H13F2NO4. The van der Waals surface area contributed by atoms with E-state index in [0.717, 1.165) is 12.1 Å². The number of pyridine rings is 1. The number of rotatable bonds is 5. The Morgan fingerprint density at radius 3 is 2.67 bits per heavy atom. The summed E-state index contributed by atoms with van der Waals surface area (Å²) in [6.07, 6.45) is -3.72. The first-order valence-electron chi connectivity index (χ1n) is 5.29. The SMILES string of the molecule is CCOC(=O)CC(O)C(O)c1ccc(F)nc1F. The standard InChI is InChI=1S/C11H13F2NO4/c1-2-18-9(16)5-7(15)10(17)6-3-4-8(12)14-11(6)13/h3-4,7,10,15,17H,2,5H2,1H3. The van der Waals surface area contributed by atoms with Gasteiger partial charge in [-0.3, -0.25) is 4.79 Å². The predicted molar refractivity (Wildman–Crippen MR) is 56.4 cm³/mol. The molecule has 0 aliphatic carbocycles. The molecule has 0 fully saturated rings. The molecule has 0 aliphatic rings. The fraction of sp³-hybridized carbons (Fsp3) is 0.455. The van der Waals surface area contributed by atoms with E-state index in [1.165, 1.54) is 0 Å². The molecule has 0 aliphatic heterocycles. The molecule has 1 rings (SSSR count). The highest BCUT2D eigenvalue weighted by molar-refractivity contribution is 5.70. The summed E-state index contributed by atoms with van der Waals surface area (Å²) in [4.78, 5) is 13.9. The lowest BCUT2D eigenvalue weighted by molar-refractivity contribution is -0.147. The van der Waals surface area contributed by atoms with Crippen molar-refractivity contribution in [3.05, 3.63) is 29.6 Å². The van der Waals surface area contributed by atoms with Gasteiger partial charge in [-0.25, -0.2) is 0 Å². The molecule has 0 amide bonds. The highest BCUT2D eigenvalue weighted by Crippen LogP contribution is 2.21. The predicted octanol–water partition coefficient (Wildman–Crippen LogP) is 0.707. The summed E-state index contributed by atoms with van der Waals surface area (Å²) in [5, 5.41) is 19.1. The monoisotopic (exact) mass is 261 g/mol. The first kappa shape index (κ1) is 14.5. The molecule has 1 heterocycles. The number of carbonyl (C=O) groups excluding carboxylic acids is 1. The van der Waals surface area contributed by atoms with Gasteiger partial charge < -0.3 is 14.9 Å². The van der Waals surface area contributed by atoms with Crippen LogP contribution >= 0.6 is 0 Å². The Kier molecular flexibility index (Phi) is 5.11. The van der Waals surface area contributed by atoms with Gasteiger partial charge in [-0.2, -0.15) is 13.8 Å². The first-order chi connectivity index (χ1) is 8.45. The van der Waals surface area contributed by atoms with Crippen LogP contribution in [0.25, 0.3) is 0 Å². The fourth-order valence-electron chi connectivity index (χ4n) is 1.35. The second-order valence-corrected chi connectivity index (χ2v) is 3.54. The number of aromatic nitrogens is 1. The molecule has 0 aromatic carbocycles. The van der Waals surface area contributed by atoms with Crippen LogP contribution in [0, 0.1) is 11.9 Å². The van der Waals surface area contributed by atoms with Crippen molar-refractivity contribution in [3.8, 4) is 0 Å². The lowest BCUT2D eigenvalue weighted by Gasteiger charge is -2.17. The quantitative estimate of drug-likeness (QED) is 0.602. The van der Waals surface area contributed by atoms with Crippen molar-refractivity contribution >= 4 is 5.97 Å². The number of nitrogens with zero attached hydrogens (tertiary/aromatic N) is 1. The topological polar surface area (TPSA) is 79.7 Å². The second-order valence-electron chi connectivity index (χ2n) is 3.54. The van der Waals surface area contributed by atoms with Crippen molar-refractivity contribution in [3.63, 3.8) is 0 Å². The van der Waals surface area contributed by atoms with Crippen LogP contribution in [-0.2, 0) is 9.53 Å². The van der Waals surface area contributed by atoms with Gasteiger partial charge in [0.05, 0.1) is 19.1 Å². The molecular weight excluding hydrogens is 248 g/mol. The Bertz CT molecular complexity index is 428. The van der Waals surface area contributed by atoms with Gasteiger partial charge in [0.2, 0.25) is 11.9 Å². The van der Waals surface area contributed by atoms with Crippen molar-refractivity contribution in [1.82, 2.24) is 4.98 Å². The van der Waals surface area contributed by atoms with Crippen LogP contribution in [-0.4, -0.2) is 33.9 Å². The van der Waals surface area contributed by atoms with Crippen LogP contribution in [0.15, 0.2) is 12.1 Å². The third kappa shape index (κ3) is 3.71. The van der Waals surface area contributed by atoms with Crippen LogP contribution < -0.4 is 0 Å². The molecule has 2 unspecified atom stereocenters. The Labute approximate surface area is 102 Å². The molecule has 1 aromatic heterocycles. The van der Waals surface area contributed by atoms with E-state index < -0.39 is 36.5 Å². The van der Waals surface area contributed by atoms with Crippen molar-refractivity contribution in [2.75, 3.05) is 6.61 Å². The Hall–Kier alpha value is -1.60. The van der Waals surface area contributed by atoms with Crippen LogP contribution in [0.3, 0.4) is 0 Å². The summed E-state index contributed by atoms with van der Waals surface area (Å²) in [6, 6.07) is 1.80. The van der Waals surface area contributed by atoms with Crippen molar-refractivity contribution in [2.45, 2.75) is 25.6 Å². The number of halogens is 2. The molecule has 100 valence electrons. The molecule has 18 heavy (non-hydrogen) atoms. The Morgan fingerprint density at radius 2 is 2.11 bits per heavy atom.